The molecule has 0 aromatic heterocycles. The van der Waals surface area contributed by atoms with Crippen molar-refractivity contribution in [1.82, 2.24) is 0 Å². The molecule has 0 saturated heterocycles. The first-order chi connectivity index (χ1) is 9.42. The first-order valence-corrected chi connectivity index (χ1v) is 8.27. The Labute approximate surface area is 126 Å². The molecule has 1 N–H and O–H groups in total. The van der Waals surface area contributed by atoms with E-state index in [1.807, 2.05) is 13.0 Å². The molecule has 0 bridgehead atoms. The average Bonchev–Trinajstić information content (AvgIpc) is 2.37. The van der Waals surface area contributed by atoms with Crippen LogP contribution in [0.15, 0.2) is 51.8 Å². The molecule has 0 heterocycles. The van der Waals surface area contributed by atoms with Crippen molar-refractivity contribution in [2.24, 2.45) is 0 Å². The lowest BCUT2D eigenvalue weighted by Gasteiger charge is -2.10. The number of hydrogen-bond acceptors (Lipinski definition) is 2. The zero-order valence-electron chi connectivity index (χ0n) is 10.7. The summed E-state index contributed by atoms with van der Waals surface area (Å²) in [7, 11) is -3.75. The zero-order valence-corrected chi connectivity index (χ0v) is 13.1. The highest BCUT2D eigenvalue weighted by molar-refractivity contribution is 9.10. The Balaban J connectivity index is 2.35. The number of hydrogen-bond donors (Lipinski definition) is 1. The summed E-state index contributed by atoms with van der Waals surface area (Å²) in [5.74, 6) is -0.496. The minimum Gasteiger partial charge on any atom is -0.280 e. The lowest BCUT2D eigenvalue weighted by molar-refractivity contribution is 0.599. The summed E-state index contributed by atoms with van der Waals surface area (Å²) in [6.45, 7) is 1.99. The Kier molecular flexibility index (Phi) is 4.45. The number of benzene rings is 2. The summed E-state index contributed by atoms with van der Waals surface area (Å²) in [5.41, 5.74) is 1.52. The molecule has 0 aliphatic heterocycles. The van der Waals surface area contributed by atoms with E-state index in [4.69, 9.17) is 0 Å². The van der Waals surface area contributed by atoms with E-state index in [1.165, 1.54) is 6.07 Å². The second kappa shape index (κ2) is 5.93. The van der Waals surface area contributed by atoms with Gasteiger partial charge in [-0.1, -0.05) is 19.1 Å². The molecule has 0 spiro atoms. The molecule has 0 fully saturated rings. The van der Waals surface area contributed by atoms with Gasteiger partial charge in [0.15, 0.2) is 0 Å². The summed E-state index contributed by atoms with van der Waals surface area (Å²) >= 11 is 3.07. The minimum atomic E-state index is -3.75. The molecule has 106 valence electrons. The SMILES string of the molecule is CCc1cccc(NS(=O)(=O)c2ccc(F)cc2Br)c1. The van der Waals surface area contributed by atoms with Gasteiger partial charge in [0.25, 0.3) is 10.0 Å². The van der Waals surface area contributed by atoms with Crippen molar-refractivity contribution in [3.63, 3.8) is 0 Å². The molecule has 0 aliphatic carbocycles. The van der Waals surface area contributed by atoms with Crippen molar-refractivity contribution >= 4 is 31.6 Å². The number of aryl methyl sites for hydroxylation is 1. The van der Waals surface area contributed by atoms with Crippen molar-refractivity contribution in [3.8, 4) is 0 Å². The van der Waals surface area contributed by atoms with Gasteiger partial charge in [0.05, 0.1) is 0 Å². The molecule has 0 unspecified atom stereocenters. The van der Waals surface area contributed by atoms with Crippen molar-refractivity contribution in [3.05, 3.63) is 58.3 Å². The van der Waals surface area contributed by atoms with Gasteiger partial charge in [-0.05, 0) is 58.2 Å². The van der Waals surface area contributed by atoms with E-state index in [9.17, 15) is 12.8 Å². The number of halogens is 2. The normalized spacial score (nSPS) is 11.3. The molecule has 2 aromatic rings. The first-order valence-electron chi connectivity index (χ1n) is 5.99. The Morgan fingerprint density at radius 1 is 1.20 bits per heavy atom. The van der Waals surface area contributed by atoms with Crippen molar-refractivity contribution in [2.45, 2.75) is 18.2 Å². The van der Waals surface area contributed by atoms with E-state index in [0.717, 1.165) is 24.1 Å². The standard InChI is InChI=1S/C14H13BrFNO2S/c1-2-10-4-3-5-12(8-10)17-20(18,19)14-7-6-11(16)9-13(14)15/h3-9,17H,2H2,1H3. The highest BCUT2D eigenvalue weighted by Crippen LogP contribution is 2.25. The lowest BCUT2D eigenvalue weighted by Crippen LogP contribution is -2.13. The molecule has 2 aromatic carbocycles. The van der Waals surface area contributed by atoms with E-state index >= 15 is 0 Å². The maximum Gasteiger partial charge on any atom is 0.263 e. The van der Waals surface area contributed by atoms with Crippen molar-refractivity contribution < 1.29 is 12.8 Å². The van der Waals surface area contributed by atoms with Gasteiger partial charge in [0.1, 0.15) is 10.7 Å². The number of rotatable bonds is 4. The zero-order chi connectivity index (χ0) is 14.8. The van der Waals surface area contributed by atoms with Gasteiger partial charge >= 0.3 is 0 Å². The van der Waals surface area contributed by atoms with E-state index in [1.54, 1.807) is 18.2 Å². The van der Waals surface area contributed by atoms with Crippen LogP contribution < -0.4 is 4.72 Å². The Hall–Kier alpha value is -1.40. The van der Waals surface area contributed by atoms with Crippen LogP contribution in [0.2, 0.25) is 0 Å². The Bertz CT molecular complexity index is 732. The van der Waals surface area contributed by atoms with Gasteiger partial charge in [-0.2, -0.15) is 0 Å². The minimum absolute atomic E-state index is 0.000742. The van der Waals surface area contributed by atoms with E-state index in [2.05, 4.69) is 20.7 Å². The summed E-state index contributed by atoms with van der Waals surface area (Å²) in [6, 6.07) is 10.6. The third-order valence-electron chi connectivity index (χ3n) is 2.77. The van der Waals surface area contributed by atoms with Gasteiger partial charge in [-0.25, -0.2) is 12.8 Å². The molecule has 0 amide bonds. The van der Waals surface area contributed by atoms with Gasteiger partial charge in [-0.3, -0.25) is 4.72 Å². The monoisotopic (exact) mass is 357 g/mol. The molecular formula is C14H13BrFNO2S. The van der Waals surface area contributed by atoms with E-state index in [-0.39, 0.29) is 9.37 Å². The van der Waals surface area contributed by atoms with Crippen LogP contribution in [-0.4, -0.2) is 8.42 Å². The molecule has 3 nitrogen and oxygen atoms in total. The third kappa shape index (κ3) is 3.37. The average molecular weight is 358 g/mol. The fraction of sp³-hybridized carbons (Fsp3) is 0.143. The lowest BCUT2D eigenvalue weighted by atomic mass is 10.1. The summed E-state index contributed by atoms with van der Waals surface area (Å²) < 4.78 is 40.2. The van der Waals surface area contributed by atoms with Crippen molar-refractivity contribution in [1.29, 1.82) is 0 Å². The fourth-order valence-corrected chi connectivity index (χ4v) is 3.86. The highest BCUT2D eigenvalue weighted by atomic mass is 79.9. The van der Waals surface area contributed by atoms with Crippen molar-refractivity contribution in [2.75, 3.05) is 4.72 Å². The second-order valence-corrected chi connectivity index (χ2v) is 6.74. The van der Waals surface area contributed by atoms with Crippen LogP contribution in [0.3, 0.4) is 0 Å². The van der Waals surface area contributed by atoms with Gasteiger partial charge in [0, 0.05) is 10.2 Å². The summed E-state index contributed by atoms with van der Waals surface area (Å²) in [4.78, 5) is 0.000742. The largest absolute Gasteiger partial charge is 0.280 e. The Morgan fingerprint density at radius 3 is 2.60 bits per heavy atom. The smallest absolute Gasteiger partial charge is 0.263 e. The van der Waals surface area contributed by atoms with Gasteiger partial charge in [-0.15, -0.1) is 0 Å². The Morgan fingerprint density at radius 2 is 1.95 bits per heavy atom. The van der Waals surface area contributed by atoms with E-state index in [0.29, 0.717) is 5.69 Å². The van der Waals surface area contributed by atoms with Crippen LogP contribution in [0.25, 0.3) is 0 Å². The van der Waals surface area contributed by atoms with Gasteiger partial charge in [0.2, 0.25) is 0 Å². The maximum absolute atomic E-state index is 13.0. The quantitative estimate of drug-likeness (QED) is 0.900. The fourth-order valence-electron chi connectivity index (χ4n) is 1.76. The molecule has 0 aliphatic rings. The van der Waals surface area contributed by atoms with Crippen LogP contribution in [0, 0.1) is 5.82 Å². The summed E-state index contributed by atoms with van der Waals surface area (Å²) in [6.07, 6.45) is 0.815. The predicted octanol–water partition coefficient (Wildman–Crippen LogP) is 3.95. The van der Waals surface area contributed by atoms with Crippen LogP contribution >= 0.6 is 15.9 Å². The van der Waals surface area contributed by atoms with Crippen LogP contribution in [0.4, 0.5) is 10.1 Å². The molecule has 2 rings (SSSR count). The molecule has 20 heavy (non-hydrogen) atoms. The molecule has 0 saturated carbocycles. The number of anilines is 1. The summed E-state index contributed by atoms with van der Waals surface area (Å²) in [5, 5.41) is 0. The van der Waals surface area contributed by atoms with Crippen LogP contribution in [0.5, 0.6) is 0 Å². The molecule has 0 atom stereocenters. The molecular weight excluding hydrogens is 345 g/mol. The van der Waals surface area contributed by atoms with Crippen LogP contribution in [-0.2, 0) is 16.4 Å². The first kappa shape index (κ1) is 15.0. The topological polar surface area (TPSA) is 46.2 Å². The maximum atomic E-state index is 13.0. The molecule has 0 radical (unpaired) electrons. The van der Waals surface area contributed by atoms with Gasteiger partial charge < -0.3 is 0 Å². The third-order valence-corrected chi connectivity index (χ3v) is 5.13. The number of nitrogens with one attached hydrogen (secondary N) is 1. The second-order valence-electron chi connectivity index (χ2n) is 4.23. The predicted molar refractivity (Wildman–Crippen MR) is 80.7 cm³/mol. The van der Waals surface area contributed by atoms with E-state index < -0.39 is 15.8 Å². The van der Waals surface area contributed by atoms with Crippen LogP contribution in [0.1, 0.15) is 12.5 Å². The molecule has 6 heteroatoms. The number of sulfonamides is 1. The highest BCUT2D eigenvalue weighted by Gasteiger charge is 2.18.